The zero-order chi connectivity index (χ0) is 12.3. The van der Waals surface area contributed by atoms with Crippen molar-refractivity contribution < 1.29 is 26.1 Å². The van der Waals surface area contributed by atoms with E-state index < -0.39 is 22.2 Å². The van der Waals surface area contributed by atoms with Gasteiger partial charge in [0.05, 0.1) is 4.90 Å². The fourth-order valence-electron chi connectivity index (χ4n) is 0.916. The summed E-state index contributed by atoms with van der Waals surface area (Å²) in [6.07, 6.45) is 0. The molecule has 0 aliphatic rings. The van der Waals surface area contributed by atoms with Crippen molar-refractivity contribution in [1.82, 2.24) is 0 Å². The first-order valence-electron chi connectivity index (χ1n) is 3.48. The standard InChI is InChI=1S/C6H4Cl2O6S2/c7-13-4-1-3(15(9)10)2-5(16(11)12)6(4)14-8/h1-2H,(H,9,10)(H,11,12). The topological polar surface area (TPSA) is 93.1 Å². The minimum Gasteiger partial charge on any atom is -0.381 e. The average Bonchev–Trinajstić information content (AvgIpc) is 2.26. The van der Waals surface area contributed by atoms with E-state index in [1.807, 2.05) is 0 Å². The second-order valence-corrected chi connectivity index (χ2v) is 4.62. The van der Waals surface area contributed by atoms with Crippen LogP contribution in [0.15, 0.2) is 21.9 Å². The Balaban J connectivity index is 3.49. The van der Waals surface area contributed by atoms with Gasteiger partial charge in [-0.1, -0.05) is 0 Å². The van der Waals surface area contributed by atoms with Gasteiger partial charge in [-0.2, -0.15) is 0 Å². The first-order chi connectivity index (χ1) is 7.51. The fraction of sp³-hybridized carbons (Fsp3) is 0. The Bertz CT molecular complexity index is 451. The highest BCUT2D eigenvalue weighted by molar-refractivity contribution is 7.80. The lowest BCUT2D eigenvalue weighted by atomic mass is 10.3. The molecule has 0 amide bonds. The first kappa shape index (κ1) is 13.7. The number of halogens is 2. The summed E-state index contributed by atoms with van der Waals surface area (Å²) in [6.45, 7) is 0. The summed E-state index contributed by atoms with van der Waals surface area (Å²) in [4.78, 5) is -0.504. The lowest BCUT2D eigenvalue weighted by molar-refractivity contribution is 0.515. The predicted octanol–water partition coefficient (Wildman–Crippen LogP) is 1.91. The molecule has 0 aromatic heterocycles. The van der Waals surface area contributed by atoms with Crippen molar-refractivity contribution >= 4 is 45.9 Å². The van der Waals surface area contributed by atoms with Gasteiger partial charge in [0.2, 0.25) is 5.75 Å². The van der Waals surface area contributed by atoms with Gasteiger partial charge in [-0.05, 0) is 6.07 Å². The third-order valence-electron chi connectivity index (χ3n) is 1.54. The monoisotopic (exact) mass is 306 g/mol. The average molecular weight is 307 g/mol. The molecule has 0 saturated carbocycles. The summed E-state index contributed by atoms with van der Waals surface area (Å²) in [7, 11) is 0. The Morgan fingerprint density at radius 2 is 1.69 bits per heavy atom. The van der Waals surface area contributed by atoms with Gasteiger partial charge in [-0.25, -0.2) is 8.42 Å². The van der Waals surface area contributed by atoms with E-state index in [-0.39, 0.29) is 21.3 Å². The minimum atomic E-state index is -2.47. The molecule has 1 aromatic carbocycles. The van der Waals surface area contributed by atoms with Crippen LogP contribution in [0.1, 0.15) is 0 Å². The van der Waals surface area contributed by atoms with Crippen LogP contribution >= 0.6 is 23.7 Å². The van der Waals surface area contributed by atoms with Crippen LogP contribution < -0.4 is 8.58 Å². The third-order valence-corrected chi connectivity index (χ3v) is 3.18. The molecule has 0 radical (unpaired) electrons. The van der Waals surface area contributed by atoms with Crippen molar-refractivity contribution in [3.8, 4) is 11.5 Å². The van der Waals surface area contributed by atoms with Crippen molar-refractivity contribution in [2.75, 3.05) is 0 Å². The maximum absolute atomic E-state index is 10.9. The van der Waals surface area contributed by atoms with Gasteiger partial charge in [0.1, 0.15) is 28.6 Å². The molecule has 16 heavy (non-hydrogen) atoms. The number of hydrogen-bond donors (Lipinski definition) is 2. The van der Waals surface area contributed by atoms with Gasteiger partial charge in [-0.3, -0.25) is 0 Å². The molecule has 0 aliphatic carbocycles. The molecule has 2 N–H and O–H groups in total. The van der Waals surface area contributed by atoms with E-state index in [1.54, 1.807) is 0 Å². The Morgan fingerprint density at radius 3 is 2.06 bits per heavy atom. The van der Waals surface area contributed by atoms with E-state index in [1.165, 1.54) is 0 Å². The van der Waals surface area contributed by atoms with Crippen LogP contribution in [0.25, 0.3) is 0 Å². The van der Waals surface area contributed by atoms with Crippen LogP contribution in [-0.4, -0.2) is 17.5 Å². The van der Waals surface area contributed by atoms with Crippen LogP contribution in [-0.2, 0) is 22.2 Å². The van der Waals surface area contributed by atoms with Crippen molar-refractivity contribution in [2.24, 2.45) is 0 Å². The number of rotatable bonds is 4. The molecule has 0 saturated heterocycles. The minimum absolute atomic E-state index is 0.175. The van der Waals surface area contributed by atoms with Gasteiger partial charge in [0.15, 0.2) is 27.9 Å². The van der Waals surface area contributed by atoms with Gasteiger partial charge >= 0.3 is 0 Å². The molecule has 0 spiro atoms. The Labute approximate surface area is 105 Å². The molecule has 0 aliphatic heterocycles. The highest BCUT2D eigenvalue weighted by atomic mass is 35.5. The summed E-state index contributed by atoms with van der Waals surface area (Å²) >= 11 is 5.30. The second-order valence-electron chi connectivity index (χ2n) is 2.40. The van der Waals surface area contributed by atoms with E-state index in [9.17, 15) is 8.42 Å². The summed E-state index contributed by atoms with van der Waals surface area (Å²) < 4.78 is 48.0. The molecule has 0 bridgehead atoms. The lowest BCUT2D eigenvalue weighted by Gasteiger charge is -2.08. The van der Waals surface area contributed by atoms with E-state index in [4.69, 9.17) is 32.8 Å². The van der Waals surface area contributed by atoms with Crippen LogP contribution in [0.3, 0.4) is 0 Å². The number of benzene rings is 1. The Kier molecular flexibility index (Phi) is 4.96. The zero-order valence-electron chi connectivity index (χ0n) is 7.25. The molecule has 10 heteroatoms. The largest absolute Gasteiger partial charge is 0.381 e. The van der Waals surface area contributed by atoms with Crippen LogP contribution in [0.2, 0.25) is 0 Å². The summed E-state index contributed by atoms with van der Waals surface area (Å²) in [5, 5.41) is 0. The van der Waals surface area contributed by atoms with Crippen molar-refractivity contribution in [3.63, 3.8) is 0 Å². The molecule has 2 unspecified atom stereocenters. The molecule has 0 fully saturated rings. The normalized spacial score (nSPS) is 14.2. The van der Waals surface area contributed by atoms with E-state index in [2.05, 4.69) is 8.58 Å². The van der Waals surface area contributed by atoms with Gasteiger partial charge in [0, 0.05) is 6.07 Å². The maximum atomic E-state index is 10.9. The molecule has 90 valence electrons. The van der Waals surface area contributed by atoms with Gasteiger partial charge < -0.3 is 17.7 Å². The predicted molar refractivity (Wildman–Crippen MR) is 57.5 cm³/mol. The first-order valence-corrected chi connectivity index (χ1v) is 6.31. The van der Waals surface area contributed by atoms with Crippen LogP contribution in [0, 0.1) is 0 Å². The molecule has 1 rings (SSSR count). The summed E-state index contributed by atoms with van der Waals surface area (Å²) in [6, 6.07) is 2.03. The van der Waals surface area contributed by atoms with Crippen molar-refractivity contribution in [2.45, 2.75) is 9.79 Å². The number of hydrogen-bond acceptors (Lipinski definition) is 4. The second kappa shape index (κ2) is 5.80. The molecule has 6 nitrogen and oxygen atoms in total. The highest BCUT2D eigenvalue weighted by Crippen LogP contribution is 2.37. The summed E-state index contributed by atoms with van der Waals surface area (Å²) in [5.74, 6) is -0.541. The molecule has 0 heterocycles. The van der Waals surface area contributed by atoms with Crippen LogP contribution in [0.4, 0.5) is 0 Å². The fourth-order valence-corrected chi connectivity index (χ4v) is 2.27. The zero-order valence-corrected chi connectivity index (χ0v) is 10.4. The van der Waals surface area contributed by atoms with E-state index >= 15 is 0 Å². The van der Waals surface area contributed by atoms with Crippen LogP contribution in [0.5, 0.6) is 11.5 Å². The SMILES string of the molecule is O=S(O)c1cc(OCl)c(OCl)c(S(=O)O)c1. The van der Waals surface area contributed by atoms with Crippen molar-refractivity contribution in [3.05, 3.63) is 12.1 Å². The summed E-state index contributed by atoms with van der Waals surface area (Å²) in [5.41, 5.74) is 0. The molecule has 2 atom stereocenters. The van der Waals surface area contributed by atoms with Gasteiger partial charge in [0.25, 0.3) is 0 Å². The van der Waals surface area contributed by atoms with E-state index in [0.29, 0.717) is 0 Å². The highest BCUT2D eigenvalue weighted by Gasteiger charge is 2.20. The Morgan fingerprint density at radius 1 is 1.06 bits per heavy atom. The molecular weight excluding hydrogens is 303 g/mol. The smallest absolute Gasteiger partial charge is 0.209 e. The quantitative estimate of drug-likeness (QED) is 0.825. The van der Waals surface area contributed by atoms with Crippen molar-refractivity contribution in [1.29, 1.82) is 0 Å². The lowest BCUT2D eigenvalue weighted by Crippen LogP contribution is -1.98. The molecular formula is C6H4Cl2O6S2. The maximum Gasteiger partial charge on any atom is 0.209 e. The molecule has 1 aromatic rings. The van der Waals surface area contributed by atoms with E-state index in [0.717, 1.165) is 12.1 Å². The Hall–Kier alpha value is -0.380. The third kappa shape index (κ3) is 2.84. The van der Waals surface area contributed by atoms with Gasteiger partial charge in [-0.15, -0.1) is 0 Å².